The highest BCUT2D eigenvalue weighted by Crippen LogP contribution is 2.11. The minimum atomic E-state index is -4.01. The monoisotopic (exact) mass is 286 g/mol. The summed E-state index contributed by atoms with van der Waals surface area (Å²) in [6.45, 7) is 1.79. The maximum atomic E-state index is 11.9. The topological polar surface area (TPSA) is 127 Å². The smallest absolute Gasteiger partial charge is 0.322 e. The van der Waals surface area contributed by atoms with E-state index in [4.69, 9.17) is 10.8 Å². The van der Waals surface area contributed by atoms with E-state index in [1.807, 2.05) is 4.72 Å². The van der Waals surface area contributed by atoms with Gasteiger partial charge in [0.1, 0.15) is 6.04 Å². The first kappa shape index (κ1) is 15.1. The molecule has 0 saturated heterocycles. The number of aryl methyl sites for hydroxylation is 1. The maximum absolute atomic E-state index is 11.9. The fourth-order valence-electron chi connectivity index (χ4n) is 1.35. The molecule has 0 aliphatic carbocycles. The van der Waals surface area contributed by atoms with Gasteiger partial charge in [-0.05, 0) is 19.1 Å². The lowest BCUT2D eigenvalue weighted by molar-refractivity contribution is -0.140. The van der Waals surface area contributed by atoms with E-state index in [0.29, 0.717) is 0 Å². The number of hydrogen-bond donors (Lipinski definition) is 3. The number of benzene rings is 1. The summed E-state index contributed by atoms with van der Waals surface area (Å²) >= 11 is 0. The second-order valence-corrected chi connectivity index (χ2v) is 5.71. The summed E-state index contributed by atoms with van der Waals surface area (Å²) in [5.41, 5.74) is 5.74. The molecule has 1 aromatic rings. The number of rotatable bonds is 6. The van der Waals surface area contributed by atoms with Gasteiger partial charge in [-0.25, -0.2) is 8.42 Å². The lowest BCUT2D eigenvalue weighted by atomic mass is 10.2. The van der Waals surface area contributed by atoms with Crippen molar-refractivity contribution >= 4 is 21.9 Å². The first-order valence-corrected chi connectivity index (χ1v) is 6.81. The Hall–Kier alpha value is -1.93. The maximum Gasteiger partial charge on any atom is 0.322 e. The average molecular weight is 286 g/mol. The Kier molecular flexibility index (Phi) is 4.62. The van der Waals surface area contributed by atoms with Gasteiger partial charge in [0.15, 0.2) is 0 Å². The summed E-state index contributed by atoms with van der Waals surface area (Å²) in [6.07, 6.45) is -0.611. The van der Waals surface area contributed by atoms with Crippen LogP contribution in [0.1, 0.15) is 12.0 Å². The highest BCUT2D eigenvalue weighted by Gasteiger charge is 2.26. The van der Waals surface area contributed by atoms with Crippen molar-refractivity contribution < 1.29 is 23.1 Å². The van der Waals surface area contributed by atoms with Crippen LogP contribution in [-0.4, -0.2) is 31.4 Å². The summed E-state index contributed by atoms with van der Waals surface area (Å²) in [5.74, 6) is -2.37. The molecule has 0 spiro atoms. The summed E-state index contributed by atoms with van der Waals surface area (Å²) in [5, 5.41) is 8.84. The fraction of sp³-hybridized carbons (Fsp3) is 0.273. The molecule has 19 heavy (non-hydrogen) atoms. The van der Waals surface area contributed by atoms with Crippen molar-refractivity contribution in [2.75, 3.05) is 0 Å². The van der Waals surface area contributed by atoms with E-state index < -0.39 is 34.4 Å². The Morgan fingerprint density at radius 2 is 1.84 bits per heavy atom. The van der Waals surface area contributed by atoms with E-state index in [9.17, 15) is 18.0 Å². The van der Waals surface area contributed by atoms with E-state index in [1.54, 1.807) is 19.1 Å². The average Bonchev–Trinajstić information content (AvgIpc) is 2.27. The molecule has 1 atom stereocenters. The van der Waals surface area contributed by atoms with E-state index >= 15 is 0 Å². The number of sulfonamides is 1. The largest absolute Gasteiger partial charge is 0.480 e. The summed E-state index contributed by atoms with van der Waals surface area (Å²) in [7, 11) is -4.01. The number of primary amides is 1. The van der Waals surface area contributed by atoms with Crippen LogP contribution in [0.5, 0.6) is 0 Å². The fourth-order valence-corrected chi connectivity index (χ4v) is 2.54. The number of carbonyl (C=O) groups excluding carboxylic acids is 1. The molecule has 0 unspecified atom stereocenters. The van der Waals surface area contributed by atoms with Crippen molar-refractivity contribution in [1.82, 2.24) is 4.72 Å². The number of carboxylic acid groups (broad SMARTS) is 1. The van der Waals surface area contributed by atoms with Crippen LogP contribution in [-0.2, 0) is 19.6 Å². The third-order valence-electron chi connectivity index (χ3n) is 2.33. The predicted octanol–water partition coefficient (Wildman–Crippen LogP) is -0.398. The second-order valence-electron chi connectivity index (χ2n) is 4.00. The van der Waals surface area contributed by atoms with Crippen LogP contribution in [0.3, 0.4) is 0 Å². The number of nitrogens with one attached hydrogen (secondary N) is 1. The van der Waals surface area contributed by atoms with Gasteiger partial charge in [-0.2, -0.15) is 4.72 Å². The number of carbonyl (C=O) groups is 2. The SMILES string of the molecule is Cc1ccc(S(=O)(=O)N[C@H](CC(N)=O)C(=O)O)cc1. The van der Waals surface area contributed by atoms with Crippen molar-refractivity contribution in [3.8, 4) is 0 Å². The summed E-state index contributed by atoms with van der Waals surface area (Å²) < 4.78 is 25.8. The van der Waals surface area contributed by atoms with Gasteiger partial charge in [-0.1, -0.05) is 17.7 Å². The molecular weight excluding hydrogens is 272 g/mol. The molecule has 7 nitrogen and oxygen atoms in total. The highest BCUT2D eigenvalue weighted by atomic mass is 32.2. The summed E-state index contributed by atoms with van der Waals surface area (Å²) in [6, 6.07) is 4.28. The quantitative estimate of drug-likeness (QED) is 0.656. The Labute approximate surface area is 110 Å². The van der Waals surface area contributed by atoms with Crippen molar-refractivity contribution in [2.24, 2.45) is 5.73 Å². The minimum Gasteiger partial charge on any atom is -0.480 e. The van der Waals surface area contributed by atoms with Crippen molar-refractivity contribution in [2.45, 2.75) is 24.3 Å². The third kappa shape index (κ3) is 4.34. The number of hydrogen-bond acceptors (Lipinski definition) is 4. The van der Waals surface area contributed by atoms with Gasteiger partial charge in [-0.3, -0.25) is 9.59 Å². The number of amides is 1. The van der Waals surface area contributed by atoms with Gasteiger partial charge in [0.25, 0.3) is 0 Å². The zero-order chi connectivity index (χ0) is 14.6. The molecule has 0 saturated carbocycles. The molecule has 4 N–H and O–H groups in total. The van der Waals surface area contributed by atoms with Crippen molar-refractivity contribution in [3.05, 3.63) is 29.8 Å². The standard InChI is InChI=1S/C11H14N2O5S/c1-7-2-4-8(5-3-7)19(17,18)13-9(11(15)16)6-10(12)14/h2-5,9,13H,6H2,1H3,(H2,12,14)(H,15,16)/t9-/m1/s1. The third-order valence-corrected chi connectivity index (χ3v) is 3.82. The lowest BCUT2D eigenvalue weighted by Gasteiger charge is -2.13. The molecule has 0 fully saturated rings. The zero-order valence-electron chi connectivity index (χ0n) is 10.2. The Morgan fingerprint density at radius 3 is 2.26 bits per heavy atom. The molecule has 0 aliphatic heterocycles. The van der Waals surface area contributed by atoms with Crippen LogP contribution in [0.4, 0.5) is 0 Å². The van der Waals surface area contributed by atoms with Gasteiger partial charge >= 0.3 is 5.97 Å². The van der Waals surface area contributed by atoms with E-state index in [1.165, 1.54) is 12.1 Å². The van der Waals surface area contributed by atoms with Gasteiger partial charge in [-0.15, -0.1) is 0 Å². The van der Waals surface area contributed by atoms with Crippen LogP contribution >= 0.6 is 0 Å². The highest BCUT2D eigenvalue weighted by molar-refractivity contribution is 7.89. The number of carboxylic acids is 1. The van der Waals surface area contributed by atoms with Crippen molar-refractivity contribution in [1.29, 1.82) is 0 Å². The van der Waals surface area contributed by atoms with Gasteiger partial charge in [0, 0.05) is 0 Å². The Bertz CT molecular complexity index is 580. The molecule has 0 aromatic heterocycles. The van der Waals surface area contributed by atoms with Gasteiger partial charge in [0.05, 0.1) is 11.3 Å². The molecule has 1 rings (SSSR count). The van der Waals surface area contributed by atoms with Crippen molar-refractivity contribution in [3.63, 3.8) is 0 Å². The summed E-state index contributed by atoms with van der Waals surface area (Å²) in [4.78, 5) is 21.5. The molecule has 1 aromatic carbocycles. The molecule has 0 radical (unpaired) electrons. The van der Waals surface area contributed by atoms with Gasteiger partial charge < -0.3 is 10.8 Å². The van der Waals surface area contributed by atoms with E-state index in [-0.39, 0.29) is 4.90 Å². The first-order chi connectivity index (χ1) is 8.72. The zero-order valence-corrected chi connectivity index (χ0v) is 11.0. The Morgan fingerprint density at radius 1 is 1.32 bits per heavy atom. The van der Waals surface area contributed by atoms with Crippen LogP contribution in [0, 0.1) is 6.92 Å². The molecule has 0 heterocycles. The molecule has 8 heteroatoms. The van der Waals surface area contributed by atoms with Crippen LogP contribution in [0.15, 0.2) is 29.2 Å². The Balaban J connectivity index is 2.97. The normalized spacial score (nSPS) is 12.9. The predicted molar refractivity (Wildman–Crippen MR) is 66.7 cm³/mol. The number of aliphatic carboxylic acids is 1. The van der Waals surface area contributed by atoms with E-state index in [0.717, 1.165) is 5.56 Å². The molecule has 0 aliphatic rings. The molecular formula is C11H14N2O5S. The van der Waals surface area contributed by atoms with E-state index in [2.05, 4.69) is 0 Å². The molecule has 0 bridgehead atoms. The van der Waals surface area contributed by atoms with Crippen LogP contribution in [0.2, 0.25) is 0 Å². The lowest BCUT2D eigenvalue weighted by Crippen LogP contribution is -2.43. The van der Waals surface area contributed by atoms with Crippen LogP contribution < -0.4 is 10.5 Å². The first-order valence-electron chi connectivity index (χ1n) is 5.32. The molecule has 1 amide bonds. The second kappa shape index (κ2) is 5.81. The van der Waals surface area contributed by atoms with Gasteiger partial charge in [0.2, 0.25) is 15.9 Å². The minimum absolute atomic E-state index is 0.0752. The van der Waals surface area contributed by atoms with Crippen LogP contribution in [0.25, 0.3) is 0 Å². The number of nitrogens with two attached hydrogens (primary N) is 1. The molecule has 104 valence electrons.